The molecular formula is C12H14F2N2O2. The maximum Gasteiger partial charge on any atom is 0.227 e. The lowest BCUT2D eigenvalue weighted by molar-refractivity contribution is -0.122. The first-order valence-corrected chi connectivity index (χ1v) is 5.71. The maximum atomic E-state index is 13.4. The summed E-state index contributed by atoms with van der Waals surface area (Å²) in [6.45, 7) is 1.04. The van der Waals surface area contributed by atoms with Crippen molar-refractivity contribution in [3.8, 4) is 0 Å². The number of amides is 1. The fourth-order valence-electron chi connectivity index (χ4n) is 1.86. The van der Waals surface area contributed by atoms with Crippen molar-refractivity contribution < 1.29 is 18.3 Å². The van der Waals surface area contributed by atoms with E-state index in [1.165, 1.54) is 0 Å². The minimum atomic E-state index is -0.837. The number of nitrogens with one attached hydrogen (secondary N) is 1. The van der Waals surface area contributed by atoms with E-state index in [-0.39, 0.29) is 23.2 Å². The van der Waals surface area contributed by atoms with Crippen LogP contribution < -0.4 is 11.1 Å². The van der Waals surface area contributed by atoms with Gasteiger partial charge in [0.2, 0.25) is 5.91 Å². The third-order valence-corrected chi connectivity index (χ3v) is 2.94. The highest BCUT2D eigenvalue weighted by Crippen LogP contribution is 2.23. The smallest absolute Gasteiger partial charge is 0.227 e. The molecular weight excluding hydrogens is 242 g/mol. The minimum absolute atomic E-state index is 0.0922. The van der Waals surface area contributed by atoms with Crippen molar-refractivity contribution in [2.24, 2.45) is 5.92 Å². The number of nitrogen functional groups attached to an aromatic ring is 1. The van der Waals surface area contributed by atoms with Gasteiger partial charge >= 0.3 is 0 Å². The lowest BCUT2D eigenvalue weighted by atomic mass is 9.99. The zero-order valence-electron chi connectivity index (χ0n) is 9.71. The summed E-state index contributed by atoms with van der Waals surface area (Å²) in [5.41, 5.74) is 5.04. The summed E-state index contributed by atoms with van der Waals surface area (Å²) in [5, 5.41) is 2.43. The lowest BCUT2D eigenvalue weighted by Gasteiger charge is -2.21. The van der Waals surface area contributed by atoms with E-state index in [9.17, 15) is 13.6 Å². The van der Waals surface area contributed by atoms with Crippen LogP contribution in [0.5, 0.6) is 0 Å². The van der Waals surface area contributed by atoms with Gasteiger partial charge in [0.25, 0.3) is 0 Å². The highest BCUT2D eigenvalue weighted by molar-refractivity contribution is 5.93. The Bertz CT molecular complexity index is 460. The third kappa shape index (κ3) is 2.76. The molecule has 1 aliphatic heterocycles. The second-order valence-electron chi connectivity index (χ2n) is 4.23. The molecule has 0 atom stereocenters. The second-order valence-corrected chi connectivity index (χ2v) is 4.23. The van der Waals surface area contributed by atoms with Gasteiger partial charge in [0.1, 0.15) is 11.6 Å². The average molecular weight is 256 g/mol. The summed E-state index contributed by atoms with van der Waals surface area (Å²) in [4.78, 5) is 11.8. The van der Waals surface area contributed by atoms with Crippen molar-refractivity contribution in [1.82, 2.24) is 0 Å². The van der Waals surface area contributed by atoms with Crippen LogP contribution in [0.25, 0.3) is 0 Å². The summed E-state index contributed by atoms with van der Waals surface area (Å²) in [6.07, 6.45) is 1.20. The van der Waals surface area contributed by atoms with E-state index in [1.807, 2.05) is 0 Å². The molecule has 98 valence electrons. The van der Waals surface area contributed by atoms with E-state index >= 15 is 0 Å². The molecule has 6 heteroatoms. The van der Waals surface area contributed by atoms with Gasteiger partial charge in [0, 0.05) is 25.2 Å². The van der Waals surface area contributed by atoms with Gasteiger partial charge in [-0.15, -0.1) is 0 Å². The third-order valence-electron chi connectivity index (χ3n) is 2.94. The lowest BCUT2D eigenvalue weighted by Crippen LogP contribution is -2.28. The van der Waals surface area contributed by atoms with Crippen LogP contribution in [-0.4, -0.2) is 19.1 Å². The van der Waals surface area contributed by atoms with Crippen LogP contribution in [0.1, 0.15) is 12.8 Å². The summed E-state index contributed by atoms with van der Waals surface area (Å²) >= 11 is 0. The molecule has 0 aliphatic carbocycles. The number of hydrogen-bond donors (Lipinski definition) is 2. The molecule has 1 fully saturated rings. The average Bonchev–Trinajstić information content (AvgIpc) is 2.37. The summed E-state index contributed by atoms with van der Waals surface area (Å²) in [5.74, 6) is -2.16. The highest BCUT2D eigenvalue weighted by Gasteiger charge is 2.22. The van der Waals surface area contributed by atoms with Crippen molar-refractivity contribution in [2.45, 2.75) is 12.8 Å². The highest BCUT2D eigenvalue weighted by atomic mass is 19.1. The fourth-order valence-corrected chi connectivity index (χ4v) is 1.86. The number of benzene rings is 1. The maximum absolute atomic E-state index is 13.4. The van der Waals surface area contributed by atoms with Gasteiger partial charge in [-0.3, -0.25) is 4.79 Å². The van der Waals surface area contributed by atoms with Crippen molar-refractivity contribution in [1.29, 1.82) is 0 Å². The molecule has 1 aliphatic rings. The van der Waals surface area contributed by atoms with E-state index in [0.717, 1.165) is 6.07 Å². The molecule has 0 radical (unpaired) electrons. The van der Waals surface area contributed by atoms with Crippen LogP contribution >= 0.6 is 0 Å². The van der Waals surface area contributed by atoms with E-state index in [4.69, 9.17) is 10.5 Å². The van der Waals surface area contributed by atoms with Crippen molar-refractivity contribution in [3.63, 3.8) is 0 Å². The topological polar surface area (TPSA) is 64.3 Å². The molecule has 1 amide bonds. The molecule has 2 rings (SSSR count). The van der Waals surface area contributed by atoms with Crippen LogP contribution in [0.2, 0.25) is 0 Å². The van der Waals surface area contributed by atoms with Crippen LogP contribution in [0.3, 0.4) is 0 Å². The first-order valence-electron chi connectivity index (χ1n) is 5.71. The standard InChI is InChI=1S/C12H14F2N2O2/c13-8-5-9(14)11(6-10(8)15)16-12(17)7-1-3-18-4-2-7/h5-7H,1-4,15H2,(H,16,17). The predicted octanol–water partition coefficient (Wildman–Crippen LogP) is 1.91. The Balaban J connectivity index is 2.08. The number of hydrogen-bond acceptors (Lipinski definition) is 3. The number of carbonyl (C=O) groups excluding carboxylic acids is 1. The molecule has 4 nitrogen and oxygen atoms in total. The number of ether oxygens (including phenoxy) is 1. The van der Waals surface area contributed by atoms with E-state index in [0.29, 0.717) is 32.1 Å². The Morgan fingerprint density at radius 3 is 2.61 bits per heavy atom. The number of nitrogens with two attached hydrogens (primary N) is 1. The van der Waals surface area contributed by atoms with Gasteiger partial charge in [-0.25, -0.2) is 8.78 Å². The number of carbonyl (C=O) groups is 1. The Hall–Kier alpha value is -1.69. The van der Waals surface area contributed by atoms with Crippen molar-refractivity contribution in [3.05, 3.63) is 23.8 Å². The van der Waals surface area contributed by atoms with E-state index < -0.39 is 11.6 Å². The Morgan fingerprint density at radius 2 is 1.94 bits per heavy atom. The normalized spacial score (nSPS) is 16.6. The van der Waals surface area contributed by atoms with Crippen LogP contribution in [0.15, 0.2) is 12.1 Å². The van der Waals surface area contributed by atoms with Crippen molar-refractivity contribution in [2.75, 3.05) is 24.3 Å². The Labute approximate surface area is 103 Å². The number of anilines is 2. The Morgan fingerprint density at radius 1 is 1.28 bits per heavy atom. The molecule has 1 aromatic carbocycles. The first kappa shape index (κ1) is 12.8. The zero-order valence-corrected chi connectivity index (χ0v) is 9.71. The predicted molar refractivity (Wildman–Crippen MR) is 62.9 cm³/mol. The van der Waals surface area contributed by atoms with Crippen LogP contribution in [0, 0.1) is 17.6 Å². The summed E-state index contributed by atoms with van der Waals surface area (Å²) in [7, 11) is 0. The van der Waals surface area contributed by atoms with Gasteiger partial charge in [-0.1, -0.05) is 0 Å². The van der Waals surface area contributed by atoms with Gasteiger partial charge < -0.3 is 15.8 Å². The second kappa shape index (κ2) is 5.30. The van der Waals surface area contributed by atoms with Gasteiger partial charge in [0.05, 0.1) is 11.4 Å². The summed E-state index contributed by atoms with van der Waals surface area (Å²) in [6, 6.07) is 1.75. The first-order chi connectivity index (χ1) is 8.58. The van der Waals surface area contributed by atoms with Crippen LogP contribution in [0.4, 0.5) is 20.2 Å². The molecule has 3 N–H and O–H groups in total. The Kier molecular flexibility index (Phi) is 3.76. The molecule has 18 heavy (non-hydrogen) atoms. The molecule has 1 saturated heterocycles. The summed E-state index contributed by atoms with van der Waals surface area (Å²) < 4.78 is 31.5. The number of rotatable bonds is 2. The monoisotopic (exact) mass is 256 g/mol. The molecule has 0 unspecified atom stereocenters. The zero-order chi connectivity index (χ0) is 13.1. The largest absolute Gasteiger partial charge is 0.396 e. The minimum Gasteiger partial charge on any atom is -0.396 e. The van der Waals surface area contributed by atoms with Gasteiger partial charge in [0.15, 0.2) is 0 Å². The van der Waals surface area contributed by atoms with Crippen molar-refractivity contribution >= 4 is 17.3 Å². The SMILES string of the molecule is Nc1cc(NC(=O)C2CCOCC2)c(F)cc1F. The number of halogens is 2. The molecule has 0 aromatic heterocycles. The molecule has 1 heterocycles. The molecule has 0 spiro atoms. The fraction of sp³-hybridized carbons (Fsp3) is 0.417. The van der Waals surface area contributed by atoms with Crippen LogP contribution in [-0.2, 0) is 9.53 Å². The van der Waals surface area contributed by atoms with Gasteiger partial charge in [-0.2, -0.15) is 0 Å². The molecule has 0 saturated carbocycles. The van der Waals surface area contributed by atoms with E-state index in [1.54, 1.807) is 0 Å². The van der Waals surface area contributed by atoms with E-state index in [2.05, 4.69) is 5.32 Å². The molecule has 0 bridgehead atoms. The van der Waals surface area contributed by atoms with Gasteiger partial charge in [-0.05, 0) is 18.9 Å². The molecule has 1 aromatic rings. The quantitative estimate of drug-likeness (QED) is 0.794.